The van der Waals surface area contributed by atoms with Crippen LogP contribution in [0.2, 0.25) is 5.02 Å². The number of unbranched alkanes of at least 4 members (excludes halogenated alkanes) is 1. The molecule has 0 saturated carbocycles. The van der Waals surface area contributed by atoms with Crippen molar-refractivity contribution in [3.05, 3.63) is 39.5 Å². The quantitative estimate of drug-likeness (QED) is 0.777. The molecule has 0 bridgehead atoms. The Kier molecular flexibility index (Phi) is 3.82. The average molecular weight is 299 g/mol. The van der Waals surface area contributed by atoms with Crippen LogP contribution in [0.4, 0.5) is 0 Å². The van der Waals surface area contributed by atoms with Crippen LogP contribution in [0, 0.1) is 0 Å². The van der Waals surface area contributed by atoms with E-state index in [4.69, 9.17) is 11.6 Å². The molecule has 0 N–H and O–H groups in total. The van der Waals surface area contributed by atoms with Gasteiger partial charge in [0.25, 0.3) is 0 Å². The van der Waals surface area contributed by atoms with Crippen LogP contribution < -0.4 is 0 Å². The van der Waals surface area contributed by atoms with Gasteiger partial charge in [0.2, 0.25) is 0 Å². The van der Waals surface area contributed by atoms with Crippen LogP contribution in [0.1, 0.15) is 25.5 Å². The maximum Gasteiger partial charge on any atom is 0.0721 e. The number of rotatable bonds is 3. The van der Waals surface area contributed by atoms with E-state index in [1.54, 1.807) is 0 Å². The highest BCUT2D eigenvalue weighted by atomic mass is 79.9. The Balaban J connectivity index is 2.46. The fraction of sp³-hybridized carbons (Fsp3) is 0.308. The number of hydrogen-bond donors (Lipinski definition) is 0. The maximum absolute atomic E-state index is 6.25. The smallest absolute Gasteiger partial charge is 0.0721 e. The summed E-state index contributed by atoms with van der Waals surface area (Å²) in [6.45, 7) is 2.18. The van der Waals surface area contributed by atoms with E-state index in [-0.39, 0.29) is 0 Å². The van der Waals surface area contributed by atoms with Gasteiger partial charge in [-0.05, 0) is 37.1 Å². The monoisotopic (exact) mass is 297 g/mol. The van der Waals surface area contributed by atoms with Crippen LogP contribution in [-0.2, 0) is 6.42 Å². The van der Waals surface area contributed by atoms with Crippen molar-refractivity contribution in [3.63, 3.8) is 0 Å². The molecule has 0 radical (unpaired) electrons. The van der Waals surface area contributed by atoms with Gasteiger partial charge in [-0.2, -0.15) is 0 Å². The summed E-state index contributed by atoms with van der Waals surface area (Å²) >= 11 is 9.69. The molecule has 0 unspecified atom stereocenters. The predicted octanol–water partition coefficient (Wildman–Crippen LogP) is 4.99. The van der Waals surface area contributed by atoms with Crippen LogP contribution in [-0.4, -0.2) is 4.98 Å². The van der Waals surface area contributed by atoms with Crippen molar-refractivity contribution >= 4 is 38.4 Å². The van der Waals surface area contributed by atoms with Crippen LogP contribution in [0.5, 0.6) is 0 Å². The lowest BCUT2D eigenvalue weighted by molar-refractivity contribution is 0.780. The molecule has 0 aliphatic rings. The molecular weight excluding hydrogens is 286 g/mol. The summed E-state index contributed by atoms with van der Waals surface area (Å²) in [6.07, 6.45) is 3.34. The van der Waals surface area contributed by atoms with Crippen molar-refractivity contribution in [3.8, 4) is 0 Å². The summed E-state index contributed by atoms with van der Waals surface area (Å²) in [5.41, 5.74) is 2.06. The zero-order chi connectivity index (χ0) is 11.5. The number of benzene rings is 1. The highest BCUT2D eigenvalue weighted by Gasteiger charge is 2.04. The van der Waals surface area contributed by atoms with Crippen LogP contribution in [0.15, 0.2) is 28.7 Å². The SMILES string of the molecule is CCCCc1cc(Cl)c2cc(Br)ccc2n1. The second-order valence-electron chi connectivity index (χ2n) is 3.86. The molecule has 2 aromatic rings. The molecular formula is C13H13BrClN. The van der Waals surface area contributed by atoms with Gasteiger partial charge < -0.3 is 0 Å². The van der Waals surface area contributed by atoms with Crippen LogP contribution in [0.3, 0.4) is 0 Å². The van der Waals surface area contributed by atoms with Gasteiger partial charge in [-0.1, -0.05) is 40.9 Å². The van der Waals surface area contributed by atoms with Crippen molar-refractivity contribution in [2.45, 2.75) is 26.2 Å². The second kappa shape index (κ2) is 5.15. The van der Waals surface area contributed by atoms with E-state index in [2.05, 4.69) is 27.8 Å². The molecule has 3 heteroatoms. The lowest BCUT2D eigenvalue weighted by atomic mass is 10.1. The summed E-state index contributed by atoms with van der Waals surface area (Å²) in [5, 5.41) is 1.80. The standard InChI is InChI=1S/C13H13BrClN/c1-2-3-4-10-8-12(15)11-7-9(14)5-6-13(11)16-10/h5-8H,2-4H2,1H3. The second-order valence-corrected chi connectivity index (χ2v) is 5.18. The molecule has 0 saturated heterocycles. The van der Waals surface area contributed by atoms with Gasteiger partial charge in [-0.15, -0.1) is 0 Å². The summed E-state index contributed by atoms with van der Waals surface area (Å²) in [6, 6.07) is 7.98. The van der Waals surface area contributed by atoms with E-state index in [0.717, 1.165) is 38.9 Å². The van der Waals surface area contributed by atoms with E-state index in [1.807, 2.05) is 24.3 Å². The van der Waals surface area contributed by atoms with Gasteiger partial charge in [0.15, 0.2) is 0 Å². The van der Waals surface area contributed by atoms with Gasteiger partial charge in [0.05, 0.1) is 10.5 Å². The highest BCUT2D eigenvalue weighted by Crippen LogP contribution is 2.26. The molecule has 0 amide bonds. The Labute approximate surface area is 109 Å². The number of aryl methyl sites for hydroxylation is 1. The first kappa shape index (κ1) is 11.9. The molecule has 84 valence electrons. The molecule has 0 spiro atoms. The zero-order valence-corrected chi connectivity index (χ0v) is 11.5. The molecule has 1 nitrogen and oxygen atoms in total. The van der Waals surface area contributed by atoms with Crippen LogP contribution in [0.25, 0.3) is 10.9 Å². The highest BCUT2D eigenvalue weighted by molar-refractivity contribution is 9.10. The van der Waals surface area contributed by atoms with Crippen molar-refractivity contribution in [2.24, 2.45) is 0 Å². The average Bonchev–Trinajstić information content (AvgIpc) is 2.27. The number of pyridine rings is 1. The molecule has 16 heavy (non-hydrogen) atoms. The fourth-order valence-electron chi connectivity index (χ4n) is 1.69. The summed E-state index contributed by atoms with van der Waals surface area (Å²) in [4.78, 5) is 4.61. The summed E-state index contributed by atoms with van der Waals surface area (Å²) in [5.74, 6) is 0. The van der Waals surface area contributed by atoms with Crippen LogP contribution >= 0.6 is 27.5 Å². The van der Waals surface area contributed by atoms with Crippen molar-refractivity contribution < 1.29 is 0 Å². The number of aromatic nitrogens is 1. The topological polar surface area (TPSA) is 12.9 Å². The molecule has 0 aliphatic heterocycles. The Morgan fingerprint density at radius 2 is 2.12 bits per heavy atom. The van der Waals surface area contributed by atoms with E-state index in [0.29, 0.717) is 0 Å². The third kappa shape index (κ3) is 2.55. The van der Waals surface area contributed by atoms with E-state index in [9.17, 15) is 0 Å². The fourth-order valence-corrected chi connectivity index (χ4v) is 2.33. The van der Waals surface area contributed by atoms with Crippen molar-refractivity contribution in [1.29, 1.82) is 0 Å². The number of halogens is 2. The maximum atomic E-state index is 6.25. The van der Waals surface area contributed by atoms with Gasteiger partial charge >= 0.3 is 0 Å². The molecule has 2 rings (SSSR count). The van der Waals surface area contributed by atoms with Gasteiger partial charge in [0, 0.05) is 15.6 Å². The molecule has 1 aromatic heterocycles. The first-order valence-electron chi connectivity index (χ1n) is 5.45. The van der Waals surface area contributed by atoms with Gasteiger partial charge in [-0.3, -0.25) is 4.98 Å². The molecule has 0 atom stereocenters. The van der Waals surface area contributed by atoms with E-state index in [1.165, 1.54) is 6.42 Å². The van der Waals surface area contributed by atoms with Crippen molar-refractivity contribution in [2.75, 3.05) is 0 Å². The Hall–Kier alpha value is -0.600. The minimum atomic E-state index is 0.789. The van der Waals surface area contributed by atoms with Gasteiger partial charge in [0.1, 0.15) is 0 Å². The van der Waals surface area contributed by atoms with E-state index >= 15 is 0 Å². The third-order valence-electron chi connectivity index (χ3n) is 2.56. The zero-order valence-electron chi connectivity index (χ0n) is 9.13. The van der Waals surface area contributed by atoms with Crippen molar-refractivity contribution in [1.82, 2.24) is 4.98 Å². The molecule has 1 heterocycles. The predicted molar refractivity (Wildman–Crippen MR) is 73.1 cm³/mol. The minimum Gasteiger partial charge on any atom is -0.253 e. The Morgan fingerprint density at radius 3 is 2.88 bits per heavy atom. The molecule has 0 aliphatic carbocycles. The lowest BCUT2D eigenvalue weighted by Gasteiger charge is -2.05. The Morgan fingerprint density at radius 1 is 1.31 bits per heavy atom. The molecule has 0 fully saturated rings. The first-order chi connectivity index (χ1) is 7.70. The number of hydrogen-bond acceptors (Lipinski definition) is 1. The molecule has 1 aromatic carbocycles. The minimum absolute atomic E-state index is 0.789. The third-order valence-corrected chi connectivity index (χ3v) is 3.37. The Bertz CT molecular complexity index is 511. The van der Waals surface area contributed by atoms with Gasteiger partial charge in [-0.25, -0.2) is 0 Å². The largest absolute Gasteiger partial charge is 0.253 e. The first-order valence-corrected chi connectivity index (χ1v) is 6.62. The number of fused-ring (bicyclic) bond motifs is 1. The summed E-state index contributed by atoms with van der Waals surface area (Å²) in [7, 11) is 0. The lowest BCUT2D eigenvalue weighted by Crippen LogP contribution is -1.91. The normalized spacial score (nSPS) is 10.9. The number of nitrogens with zero attached hydrogens (tertiary/aromatic N) is 1. The summed E-state index contributed by atoms with van der Waals surface area (Å²) < 4.78 is 1.03. The van der Waals surface area contributed by atoms with E-state index < -0.39 is 0 Å².